The number of hydrogen-bond acceptors (Lipinski definition) is 2. The number of pyridine rings is 1. The molecule has 14 heavy (non-hydrogen) atoms. The zero-order chi connectivity index (χ0) is 10.7. The van der Waals surface area contributed by atoms with Gasteiger partial charge in [-0.1, -0.05) is 13.8 Å². The van der Waals surface area contributed by atoms with Crippen molar-refractivity contribution < 1.29 is 0 Å². The maximum atomic E-state index is 5.83. The summed E-state index contributed by atoms with van der Waals surface area (Å²) in [5, 5.41) is 0. The normalized spacial score (nSPS) is 10.7. The molecule has 0 atom stereocenters. The molecule has 2 nitrogen and oxygen atoms in total. The van der Waals surface area contributed by atoms with Crippen LogP contribution < -0.4 is 4.90 Å². The van der Waals surface area contributed by atoms with Crippen LogP contribution >= 0.6 is 11.6 Å². The fraction of sp³-hybridized carbons (Fsp3) is 0.545. The van der Waals surface area contributed by atoms with E-state index in [0.29, 0.717) is 11.8 Å². The number of aromatic nitrogens is 1. The molecule has 1 rings (SSSR count). The summed E-state index contributed by atoms with van der Waals surface area (Å²) in [6, 6.07) is 4.10. The van der Waals surface area contributed by atoms with Gasteiger partial charge in [-0.3, -0.25) is 0 Å². The molecule has 0 spiro atoms. The molecule has 0 N–H and O–H groups in total. The van der Waals surface area contributed by atoms with Gasteiger partial charge in [0.25, 0.3) is 0 Å². The smallest absolute Gasteiger partial charge is 0.128 e. The summed E-state index contributed by atoms with van der Waals surface area (Å²) in [5.74, 6) is 1.96. The van der Waals surface area contributed by atoms with Gasteiger partial charge in [-0.15, -0.1) is 11.6 Å². The molecule has 0 bridgehead atoms. The summed E-state index contributed by atoms with van der Waals surface area (Å²) in [6.07, 6.45) is 0. The molecular formula is C11H17ClN2. The van der Waals surface area contributed by atoms with Crippen molar-refractivity contribution in [2.75, 3.05) is 19.0 Å². The van der Waals surface area contributed by atoms with Crippen molar-refractivity contribution in [3.05, 3.63) is 23.4 Å². The van der Waals surface area contributed by atoms with Crippen LogP contribution in [0, 0.1) is 0 Å². The molecule has 0 aliphatic heterocycles. The summed E-state index contributed by atoms with van der Waals surface area (Å²) in [6.45, 7) is 4.28. The first-order valence-corrected chi connectivity index (χ1v) is 5.32. The Kier molecular flexibility index (Phi) is 3.76. The monoisotopic (exact) mass is 212 g/mol. The third kappa shape index (κ3) is 2.61. The minimum Gasteiger partial charge on any atom is -0.363 e. The summed E-state index contributed by atoms with van der Waals surface area (Å²) >= 11 is 5.83. The Morgan fingerprint density at radius 1 is 1.36 bits per heavy atom. The molecular weight excluding hydrogens is 196 g/mol. The topological polar surface area (TPSA) is 16.1 Å². The van der Waals surface area contributed by atoms with Gasteiger partial charge in [-0.05, 0) is 23.6 Å². The molecule has 78 valence electrons. The van der Waals surface area contributed by atoms with Gasteiger partial charge in [0, 0.05) is 25.7 Å². The van der Waals surface area contributed by atoms with E-state index >= 15 is 0 Å². The van der Waals surface area contributed by atoms with Crippen LogP contribution in [0.15, 0.2) is 12.1 Å². The summed E-state index contributed by atoms with van der Waals surface area (Å²) in [4.78, 5) is 6.55. The van der Waals surface area contributed by atoms with E-state index in [1.807, 2.05) is 25.1 Å². The lowest BCUT2D eigenvalue weighted by atomic mass is 10.1. The first-order chi connectivity index (χ1) is 6.54. The molecule has 0 saturated heterocycles. The first-order valence-electron chi connectivity index (χ1n) is 4.78. The zero-order valence-electron chi connectivity index (χ0n) is 9.21. The van der Waals surface area contributed by atoms with Gasteiger partial charge in [0.05, 0.1) is 0 Å². The molecule has 0 aromatic carbocycles. The predicted molar refractivity (Wildman–Crippen MR) is 62.2 cm³/mol. The molecule has 1 aromatic rings. The Hall–Kier alpha value is -0.760. The second kappa shape index (κ2) is 4.65. The molecule has 0 radical (unpaired) electrons. The van der Waals surface area contributed by atoms with Crippen LogP contribution in [0.25, 0.3) is 0 Å². The molecule has 0 aliphatic rings. The van der Waals surface area contributed by atoms with Crippen molar-refractivity contribution in [1.29, 1.82) is 0 Å². The number of alkyl halides is 1. The Morgan fingerprint density at radius 2 is 2.00 bits per heavy atom. The third-order valence-corrected chi connectivity index (χ3v) is 2.40. The molecule has 0 aliphatic carbocycles. The standard InChI is InChI=1S/C11H17ClN2/c1-8(2)10-5-9(7-12)6-11(13-10)14(3)4/h5-6,8H,7H2,1-4H3. The van der Waals surface area contributed by atoms with E-state index in [9.17, 15) is 0 Å². The highest BCUT2D eigenvalue weighted by molar-refractivity contribution is 6.17. The van der Waals surface area contributed by atoms with Crippen molar-refractivity contribution in [2.24, 2.45) is 0 Å². The van der Waals surface area contributed by atoms with Crippen molar-refractivity contribution in [2.45, 2.75) is 25.6 Å². The predicted octanol–water partition coefficient (Wildman–Crippen LogP) is 3.01. The van der Waals surface area contributed by atoms with Crippen LogP contribution in [0.5, 0.6) is 0 Å². The summed E-state index contributed by atoms with van der Waals surface area (Å²) in [7, 11) is 3.98. The van der Waals surface area contributed by atoms with Gasteiger partial charge in [0.1, 0.15) is 5.82 Å². The Balaban J connectivity index is 3.13. The Bertz CT molecular complexity index is 282. The van der Waals surface area contributed by atoms with Crippen molar-refractivity contribution in [3.8, 4) is 0 Å². The Labute approximate surface area is 90.9 Å². The molecule has 1 aromatic heterocycles. The minimum atomic E-state index is 0.442. The Morgan fingerprint density at radius 3 is 2.43 bits per heavy atom. The molecule has 0 amide bonds. The van der Waals surface area contributed by atoms with Crippen molar-refractivity contribution >= 4 is 17.4 Å². The van der Waals surface area contributed by atoms with Crippen LogP contribution in [0.4, 0.5) is 5.82 Å². The van der Waals surface area contributed by atoms with Gasteiger partial charge in [0.15, 0.2) is 0 Å². The highest BCUT2D eigenvalue weighted by Crippen LogP contribution is 2.19. The average Bonchev–Trinajstić information content (AvgIpc) is 2.16. The van der Waals surface area contributed by atoms with Crippen LogP contribution in [-0.2, 0) is 5.88 Å². The quantitative estimate of drug-likeness (QED) is 0.717. The van der Waals surface area contributed by atoms with E-state index in [-0.39, 0.29) is 0 Å². The lowest BCUT2D eigenvalue weighted by molar-refractivity contribution is 0.815. The van der Waals surface area contributed by atoms with Gasteiger partial charge in [0.2, 0.25) is 0 Å². The zero-order valence-corrected chi connectivity index (χ0v) is 9.97. The SMILES string of the molecule is CC(C)c1cc(CCl)cc(N(C)C)n1. The fourth-order valence-electron chi connectivity index (χ4n) is 1.20. The number of anilines is 1. The van der Waals surface area contributed by atoms with Crippen molar-refractivity contribution in [3.63, 3.8) is 0 Å². The highest BCUT2D eigenvalue weighted by Gasteiger charge is 2.06. The summed E-state index contributed by atoms with van der Waals surface area (Å²) < 4.78 is 0. The van der Waals surface area contributed by atoms with E-state index in [2.05, 4.69) is 24.9 Å². The summed E-state index contributed by atoms with van der Waals surface area (Å²) in [5.41, 5.74) is 2.24. The van der Waals surface area contributed by atoms with Gasteiger partial charge in [-0.25, -0.2) is 4.98 Å². The molecule has 0 saturated carbocycles. The molecule has 0 unspecified atom stereocenters. The number of rotatable bonds is 3. The van der Waals surface area contributed by atoms with Crippen LogP contribution in [0.1, 0.15) is 31.0 Å². The number of nitrogens with zero attached hydrogens (tertiary/aromatic N) is 2. The van der Waals surface area contributed by atoms with E-state index < -0.39 is 0 Å². The number of hydrogen-bond donors (Lipinski definition) is 0. The lowest BCUT2D eigenvalue weighted by Crippen LogP contribution is -2.12. The second-order valence-corrected chi connectivity index (χ2v) is 4.21. The van der Waals surface area contributed by atoms with E-state index in [1.54, 1.807) is 0 Å². The van der Waals surface area contributed by atoms with Gasteiger partial charge in [-0.2, -0.15) is 0 Å². The van der Waals surface area contributed by atoms with E-state index in [0.717, 1.165) is 17.1 Å². The van der Waals surface area contributed by atoms with E-state index in [4.69, 9.17) is 11.6 Å². The van der Waals surface area contributed by atoms with Gasteiger partial charge >= 0.3 is 0 Å². The number of halogens is 1. The van der Waals surface area contributed by atoms with E-state index in [1.165, 1.54) is 0 Å². The lowest BCUT2D eigenvalue weighted by Gasteiger charge is -2.15. The largest absolute Gasteiger partial charge is 0.363 e. The molecule has 3 heteroatoms. The third-order valence-electron chi connectivity index (χ3n) is 2.10. The van der Waals surface area contributed by atoms with Crippen molar-refractivity contribution in [1.82, 2.24) is 4.98 Å². The second-order valence-electron chi connectivity index (χ2n) is 3.94. The highest BCUT2D eigenvalue weighted by atomic mass is 35.5. The molecule has 0 fully saturated rings. The maximum absolute atomic E-state index is 5.83. The van der Waals surface area contributed by atoms with Crippen LogP contribution in [-0.4, -0.2) is 19.1 Å². The van der Waals surface area contributed by atoms with Crippen LogP contribution in [0.3, 0.4) is 0 Å². The minimum absolute atomic E-state index is 0.442. The van der Waals surface area contributed by atoms with Gasteiger partial charge < -0.3 is 4.90 Å². The maximum Gasteiger partial charge on any atom is 0.128 e. The average molecular weight is 213 g/mol. The molecule has 1 heterocycles. The van der Waals surface area contributed by atoms with Crippen LogP contribution in [0.2, 0.25) is 0 Å². The fourth-order valence-corrected chi connectivity index (χ4v) is 1.35. The first kappa shape index (κ1) is 11.3.